The zero-order valence-corrected chi connectivity index (χ0v) is 18.0. The Kier molecular flexibility index (Phi) is 6.99. The molecule has 1 aromatic heterocycles. The number of hydrogen-bond donors (Lipinski definition) is 0. The molecule has 31 heavy (non-hydrogen) atoms. The van der Waals surface area contributed by atoms with Gasteiger partial charge in [-0.05, 0) is 42.7 Å². The predicted molar refractivity (Wildman–Crippen MR) is 120 cm³/mol. The molecule has 6 nitrogen and oxygen atoms in total. The minimum atomic E-state index is 0.263. The average molecular weight is 420 g/mol. The van der Waals surface area contributed by atoms with Gasteiger partial charge in [0.05, 0.1) is 12.8 Å². The van der Waals surface area contributed by atoms with Crippen molar-refractivity contribution in [1.82, 2.24) is 14.8 Å². The molecular formula is C25H29N3O3. The van der Waals surface area contributed by atoms with Crippen molar-refractivity contribution in [2.45, 2.75) is 25.8 Å². The highest BCUT2D eigenvalue weighted by atomic mass is 16.5. The third-order valence-corrected chi connectivity index (χ3v) is 5.70. The van der Waals surface area contributed by atoms with E-state index in [9.17, 15) is 4.79 Å². The molecule has 162 valence electrons. The third-order valence-electron chi connectivity index (χ3n) is 5.70. The van der Waals surface area contributed by atoms with Crippen molar-refractivity contribution in [3.63, 3.8) is 0 Å². The Morgan fingerprint density at radius 1 is 1.03 bits per heavy atom. The predicted octanol–water partition coefficient (Wildman–Crippen LogP) is 4.02. The molecule has 0 aliphatic carbocycles. The number of nitrogens with zero attached hydrogens (tertiary/aromatic N) is 3. The minimum absolute atomic E-state index is 0.263. The van der Waals surface area contributed by atoms with Crippen LogP contribution in [0.2, 0.25) is 0 Å². The fourth-order valence-corrected chi connectivity index (χ4v) is 3.88. The second kappa shape index (κ2) is 10.3. The molecule has 0 atom stereocenters. The van der Waals surface area contributed by atoms with Gasteiger partial charge in [0.2, 0.25) is 11.8 Å². The Labute approximate surface area is 183 Å². The molecule has 1 saturated heterocycles. The van der Waals surface area contributed by atoms with Gasteiger partial charge in [-0.15, -0.1) is 0 Å². The van der Waals surface area contributed by atoms with E-state index in [0.29, 0.717) is 12.3 Å². The van der Waals surface area contributed by atoms with E-state index in [4.69, 9.17) is 9.15 Å². The SMILES string of the molecule is COc1ccc(-c2nc(CN3CCN(C(=O)CCCc4ccccc4)CC3)co2)cc1. The summed E-state index contributed by atoms with van der Waals surface area (Å²) in [4.78, 5) is 21.5. The maximum atomic E-state index is 12.5. The van der Waals surface area contributed by atoms with Crippen LogP contribution < -0.4 is 4.74 Å². The lowest BCUT2D eigenvalue weighted by Gasteiger charge is -2.34. The summed E-state index contributed by atoms with van der Waals surface area (Å²) in [7, 11) is 1.65. The number of hydrogen-bond acceptors (Lipinski definition) is 5. The second-order valence-electron chi connectivity index (χ2n) is 7.87. The number of amides is 1. The number of aromatic nitrogens is 1. The lowest BCUT2D eigenvalue weighted by atomic mass is 10.1. The molecule has 1 aliphatic heterocycles. The minimum Gasteiger partial charge on any atom is -0.497 e. The van der Waals surface area contributed by atoms with Crippen molar-refractivity contribution in [1.29, 1.82) is 0 Å². The number of rotatable bonds is 8. The fourth-order valence-electron chi connectivity index (χ4n) is 3.88. The van der Waals surface area contributed by atoms with Crippen molar-refractivity contribution in [2.75, 3.05) is 33.3 Å². The topological polar surface area (TPSA) is 58.8 Å². The molecule has 0 unspecified atom stereocenters. The average Bonchev–Trinajstić information content (AvgIpc) is 3.29. The van der Waals surface area contributed by atoms with Gasteiger partial charge in [-0.3, -0.25) is 9.69 Å². The van der Waals surface area contributed by atoms with Gasteiger partial charge in [0.25, 0.3) is 0 Å². The third kappa shape index (κ3) is 5.73. The Hall–Kier alpha value is -3.12. The lowest BCUT2D eigenvalue weighted by molar-refractivity contribution is -0.133. The molecule has 3 aromatic rings. The summed E-state index contributed by atoms with van der Waals surface area (Å²) in [5, 5.41) is 0. The Morgan fingerprint density at radius 3 is 2.48 bits per heavy atom. The van der Waals surface area contributed by atoms with Gasteiger partial charge < -0.3 is 14.1 Å². The largest absolute Gasteiger partial charge is 0.497 e. The summed E-state index contributed by atoms with van der Waals surface area (Å²) in [5.74, 6) is 1.69. The highest BCUT2D eigenvalue weighted by molar-refractivity contribution is 5.76. The van der Waals surface area contributed by atoms with Crippen molar-refractivity contribution in [3.05, 3.63) is 72.1 Å². The first-order valence-corrected chi connectivity index (χ1v) is 10.8. The van der Waals surface area contributed by atoms with E-state index in [1.165, 1.54) is 5.56 Å². The van der Waals surface area contributed by atoms with E-state index in [1.807, 2.05) is 47.4 Å². The summed E-state index contributed by atoms with van der Waals surface area (Å²) in [6, 6.07) is 18.0. The van der Waals surface area contributed by atoms with Crippen LogP contribution in [0.15, 0.2) is 65.3 Å². The Balaban J connectivity index is 1.21. The lowest BCUT2D eigenvalue weighted by Crippen LogP contribution is -2.48. The van der Waals surface area contributed by atoms with Gasteiger partial charge >= 0.3 is 0 Å². The molecule has 2 aromatic carbocycles. The number of aryl methyl sites for hydroxylation is 1. The number of oxazole rings is 1. The monoisotopic (exact) mass is 419 g/mol. The molecule has 0 bridgehead atoms. The highest BCUT2D eigenvalue weighted by Gasteiger charge is 2.21. The maximum Gasteiger partial charge on any atom is 0.226 e. The Bertz CT molecular complexity index is 961. The molecule has 0 spiro atoms. The molecule has 0 N–H and O–H groups in total. The number of benzene rings is 2. The first-order chi connectivity index (χ1) is 15.2. The maximum absolute atomic E-state index is 12.5. The van der Waals surface area contributed by atoms with Crippen LogP contribution in [0.3, 0.4) is 0 Å². The standard InChI is InChI=1S/C25H29N3O3/c1-30-23-12-10-21(11-13-23)25-26-22(19-31-25)18-27-14-16-28(17-15-27)24(29)9-5-8-20-6-3-2-4-7-20/h2-4,6-7,10-13,19H,5,8-9,14-18H2,1H3. The van der Waals surface area contributed by atoms with Crippen LogP contribution in [0, 0.1) is 0 Å². The van der Waals surface area contributed by atoms with Crippen molar-refractivity contribution < 1.29 is 13.9 Å². The van der Waals surface area contributed by atoms with Crippen LogP contribution in [0.1, 0.15) is 24.1 Å². The molecule has 1 amide bonds. The van der Waals surface area contributed by atoms with Gasteiger partial charge in [0.1, 0.15) is 12.0 Å². The molecule has 1 fully saturated rings. The number of carbonyl (C=O) groups excluding carboxylic acids is 1. The van der Waals surface area contributed by atoms with Crippen LogP contribution >= 0.6 is 0 Å². The number of ether oxygens (including phenoxy) is 1. The van der Waals surface area contributed by atoms with Crippen molar-refractivity contribution in [2.24, 2.45) is 0 Å². The molecule has 6 heteroatoms. The van der Waals surface area contributed by atoms with Gasteiger partial charge in [0.15, 0.2) is 0 Å². The van der Waals surface area contributed by atoms with Gasteiger partial charge in [-0.25, -0.2) is 4.98 Å². The van der Waals surface area contributed by atoms with Crippen LogP contribution in [0.5, 0.6) is 5.75 Å². The summed E-state index contributed by atoms with van der Waals surface area (Å²) in [6.45, 7) is 3.99. The first-order valence-electron chi connectivity index (χ1n) is 10.8. The van der Waals surface area contributed by atoms with Crippen LogP contribution in [0.25, 0.3) is 11.5 Å². The molecule has 1 aliphatic rings. The van der Waals surface area contributed by atoms with Gasteiger partial charge in [-0.1, -0.05) is 30.3 Å². The summed E-state index contributed by atoms with van der Waals surface area (Å²) < 4.78 is 10.9. The summed E-state index contributed by atoms with van der Waals surface area (Å²) in [6.07, 6.45) is 4.19. The van der Waals surface area contributed by atoms with Crippen molar-refractivity contribution >= 4 is 5.91 Å². The molecule has 0 saturated carbocycles. The van der Waals surface area contributed by atoms with E-state index in [2.05, 4.69) is 22.0 Å². The Morgan fingerprint density at radius 2 is 1.77 bits per heavy atom. The summed E-state index contributed by atoms with van der Waals surface area (Å²) in [5.41, 5.74) is 3.13. The fraction of sp³-hybridized carbons (Fsp3) is 0.360. The number of methoxy groups -OCH3 is 1. The van der Waals surface area contributed by atoms with E-state index in [-0.39, 0.29) is 5.91 Å². The molecule has 2 heterocycles. The summed E-state index contributed by atoms with van der Waals surface area (Å²) >= 11 is 0. The smallest absolute Gasteiger partial charge is 0.226 e. The van der Waals surface area contributed by atoms with E-state index >= 15 is 0 Å². The first kappa shape index (κ1) is 21.1. The van der Waals surface area contributed by atoms with Crippen LogP contribution in [-0.4, -0.2) is 54.0 Å². The number of piperazine rings is 1. The normalized spacial score (nSPS) is 14.5. The van der Waals surface area contributed by atoms with E-state index < -0.39 is 0 Å². The molecule has 0 radical (unpaired) electrons. The van der Waals surface area contributed by atoms with E-state index in [1.54, 1.807) is 13.4 Å². The van der Waals surface area contributed by atoms with Gasteiger partial charge in [-0.2, -0.15) is 0 Å². The van der Waals surface area contributed by atoms with E-state index in [0.717, 1.165) is 62.6 Å². The zero-order chi connectivity index (χ0) is 21.5. The second-order valence-corrected chi connectivity index (χ2v) is 7.87. The number of carbonyl (C=O) groups is 1. The van der Waals surface area contributed by atoms with Crippen LogP contribution in [-0.2, 0) is 17.8 Å². The quantitative estimate of drug-likeness (QED) is 0.552. The molecular weight excluding hydrogens is 390 g/mol. The zero-order valence-electron chi connectivity index (χ0n) is 18.0. The van der Waals surface area contributed by atoms with Gasteiger partial charge in [0, 0.05) is 44.7 Å². The highest BCUT2D eigenvalue weighted by Crippen LogP contribution is 2.22. The van der Waals surface area contributed by atoms with Crippen LogP contribution in [0.4, 0.5) is 0 Å². The molecule has 4 rings (SSSR count). The van der Waals surface area contributed by atoms with Crippen molar-refractivity contribution in [3.8, 4) is 17.2 Å².